The Kier molecular flexibility index (Phi) is 3.21. The Labute approximate surface area is 118 Å². The fraction of sp³-hybridized carbons (Fsp3) is 0.0556. The minimum Gasteiger partial charge on any atom is -0.399 e. The van der Waals surface area contributed by atoms with Gasteiger partial charge in [0.1, 0.15) is 0 Å². The third-order valence-corrected chi connectivity index (χ3v) is 3.37. The van der Waals surface area contributed by atoms with Crippen LogP contribution in [0.25, 0.3) is 22.3 Å². The van der Waals surface area contributed by atoms with Crippen molar-refractivity contribution in [1.29, 1.82) is 0 Å². The summed E-state index contributed by atoms with van der Waals surface area (Å²) in [4.78, 5) is 4.22. The van der Waals surface area contributed by atoms with Crippen molar-refractivity contribution in [2.45, 2.75) is 6.92 Å². The summed E-state index contributed by atoms with van der Waals surface area (Å²) in [6.45, 7) is 2.10. The van der Waals surface area contributed by atoms with Crippen LogP contribution in [0.4, 0.5) is 5.69 Å². The Morgan fingerprint density at radius 2 is 1.65 bits per heavy atom. The summed E-state index contributed by atoms with van der Waals surface area (Å²) in [5, 5.41) is 0. The highest BCUT2D eigenvalue weighted by molar-refractivity contribution is 5.84. The van der Waals surface area contributed by atoms with Crippen LogP contribution in [-0.4, -0.2) is 4.98 Å². The number of nitrogen functional groups attached to an aromatic ring is 1. The molecule has 0 amide bonds. The molecular weight excluding hydrogens is 244 g/mol. The van der Waals surface area contributed by atoms with Crippen LogP contribution in [0.2, 0.25) is 0 Å². The monoisotopic (exact) mass is 260 g/mol. The lowest BCUT2D eigenvalue weighted by Gasteiger charge is -2.11. The number of nitrogens with zero attached hydrogens (tertiary/aromatic N) is 1. The van der Waals surface area contributed by atoms with Crippen LogP contribution < -0.4 is 5.73 Å². The number of benzene rings is 2. The molecule has 0 aliphatic heterocycles. The SMILES string of the molecule is Cc1ccc(-c2ccc(N)cc2)c(-c2cccnc2)c1. The van der Waals surface area contributed by atoms with Gasteiger partial charge in [-0.1, -0.05) is 42.0 Å². The molecule has 0 fully saturated rings. The second-order valence-corrected chi connectivity index (χ2v) is 4.91. The van der Waals surface area contributed by atoms with Gasteiger partial charge in [0.05, 0.1) is 0 Å². The summed E-state index contributed by atoms with van der Waals surface area (Å²) in [7, 11) is 0. The maximum Gasteiger partial charge on any atom is 0.0346 e. The molecule has 3 rings (SSSR count). The fourth-order valence-corrected chi connectivity index (χ4v) is 2.33. The van der Waals surface area contributed by atoms with E-state index in [9.17, 15) is 0 Å². The van der Waals surface area contributed by atoms with Crippen molar-refractivity contribution in [2.75, 3.05) is 5.73 Å². The summed E-state index contributed by atoms with van der Waals surface area (Å²) in [5.74, 6) is 0. The molecular formula is C18H16N2. The molecule has 0 radical (unpaired) electrons. The van der Waals surface area contributed by atoms with Crippen LogP contribution in [0.5, 0.6) is 0 Å². The van der Waals surface area contributed by atoms with Gasteiger partial charge in [-0.3, -0.25) is 4.98 Å². The van der Waals surface area contributed by atoms with Crippen molar-refractivity contribution < 1.29 is 0 Å². The molecule has 1 heterocycles. The van der Waals surface area contributed by atoms with Gasteiger partial charge in [0.25, 0.3) is 0 Å². The van der Waals surface area contributed by atoms with Gasteiger partial charge in [0.2, 0.25) is 0 Å². The number of nitrogens with two attached hydrogens (primary N) is 1. The van der Waals surface area contributed by atoms with Gasteiger partial charge in [0, 0.05) is 23.6 Å². The maximum atomic E-state index is 5.77. The minimum atomic E-state index is 0.781. The standard InChI is InChI=1S/C18H16N2/c1-13-4-9-17(14-5-7-16(19)8-6-14)18(11-13)15-3-2-10-20-12-15/h2-12H,19H2,1H3. The zero-order valence-corrected chi connectivity index (χ0v) is 11.4. The van der Waals surface area contributed by atoms with E-state index < -0.39 is 0 Å². The van der Waals surface area contributed by atoms with Crippen LogP contribution >= 0.6 is 0 Å². The second-order valence-electron chi connectivity index (χ2n) is 4.91. The van der Waals surface area contributed by atoms with Gasteiger partial charge < -0.3 is 5.73 Å². The van der Waals surface area contributed by atoms with Gasteiger partial charge in [-0.15, -0.1) is 0 Å². The molecule has 0 aliphatic rings. The molecule has 0 unspecified atom stereocenters. The van der Waals surface area contributed by atoms with Crippen LogP contribution in [0.15, 0.2) is 67.0 Å². The van der Waals surface area contributed by atoms with E-state index in [0.29, 0.717) is 0 Å². The molecule has 2 N–H and O–H groups in total. The maximum absolute atomic E-state index is 5.77. The van der Waals surface area contributed by atoms with Crippen LogP contribution in [0.3, 0.4) is 0 Å². The topological polar surface area (TPSA) is 38.9 Å². The van der Waals surface area contributed by atoms with Crippen molar-refractivity contribution in [3.05, 3.63) is 72.6 Å². The number of hydrogen-bond acceptors (Lipinski definition) is 2. The first kappa shape index (κ1) is 12.4. The molecule has 2 nitrogen and oxygen atoms in total. The minimum absolute atomic E-state index is 0.781. The molecule has 3 aromatic rings. The Morgan fingerprint density at radius 1 is 0.850 bits per heavy atom. The van der Waals surface area contributed by atoms with E-state index in [0.717, 1.165) is 16.8 Å². The molecule has 98 valence electrons. The predicted molar refractivity (Wildman–Crippen MR) is 84.3 cm³/mol. The van der Waals surface area contributed by atoms with Gasteiger partial charge in [0.15, 0.2) is 0 Å². The Balaban J connectivity index is 2.19. The number of pyridine rings is 1. The molecule has 0 aliphatic carbocycles. The van der Waals surface area contributed by atoms with Crippen molar-refractivity contribution in [2.24, 2.45) is 0 Å². The highest BCUT2D eigenvalue weighted by atomic mass is 14.6. The number of rotatable bonds is 2. The van der Waals surface area contributed by atoms with Crippen molar-refractivity contribution >= 4 is 5.69 Å². The number of anilines is 1. The lowest BCUT2D eigenvalue weighted by Crippen LogP contribution is -1.89. The fourth-order valence-electron chi connectivity index (χ4n) is 2.33. The Bertz CT molecular complexity index is 716. The van der Waals surface area contributed by atoms with Crippen molar-refractivity contribution in [3.8, 4) is 22.3 Å². The van der Waals surface area contributed by atoms with Crippen LogP contribution in [0.1, 0.15) is 5.56 Å². The Hall–Kier alpha value is -2.61. The third-order valence-electron chi connectivity index (χ3n) is 3.37. The first-order chi connectivity index (χ1) is 9.74. The van der Waals surface area contributed by atoms with Crippen LogP contribution in [0, 0.1) is 6.92 Å². The molecule has 2 aromatic carbocycles. The number of hydrogen-bond donors (Lipinski definition) is 1. The highest BCUT2D eigenvalue weighted by Gasteiger charge is 2.07. The molecule has 0 saturated heterocycles. The molecule has 0 atom stereocenters. The average molecular weight is 260 g/mol. The largest absolute Gasteiger partial charge is 0.399 e. The molecule has 0 bridgehead atoms. The smallest absolute Gasteiger partial charge is 0.0346 e. The predicted octanol–water partition coefficient (Wildman–Crippen LogP) is 4.31. The van der Waals surface area contributed by atoms with Gasteiger partial charge in [-0.2, -0.15) is 0 Å². The summed E-state index contributed by atoms with van der Waals surface area (Å²) < 4.78 is 0. The molecule has 2 heteroatoms. The molecule has 20 heavy (non-hydrogen) atoms. The van der Waals surface area contributed by atoms with E-state index in [1.807, 2.05) is 24.4 Å². The van der Waals surface area contributed by atoms with E-state index in [1.54, 1.807) is 6.20 Å². The highest BCUT2D eigenvalue weighted by Crippen LogP contribution is 2.32. The summed E-state index contributed by atoms with van der Waals surface area (Å²) in [6.07, 6.45) is 3.69. The summed E-state index contributed by atoms with van der Waals surface area (Å²) in [6, 6.07) is 18.5. The third kappa shape index (κ3) is 2.41. The normalized spacial score (nSPS) is 10.4. The average Bonchev–Trinajstić information content (AvgIpc) is 2.49. The van der Waals surface area contributed by atoms with Gasteiger partial charge in [-0.05, 0) is 41.8 Å². The van der Waals surface area contributed by atoms with E-state index in [4.69, 9.17) is 5.73 Å². The lowest BCUT2D eigenvalue weighted by molar-refractivity contribution is 1.33. The molecule has 0 spiro atoms. The first-order valence-electron chi connectivity index (χ1n) is 6.61. The van der Waals surface area contributed by atoms with Crippen molar-refractivity contribution in [3.63, 3.8) is 0 Å². The van der Waals surface area contributed by atoms with Crippen molar-refractivity contribution in [1.82, 2.24) is 4.98 Å². The zero-order chi connectivity index (χ0) is 13.9. The Morgan fingerprint density at radius 3 is 2.35 bits per heavy atom. The molecule has 0 saturated carbocycles. The molecule has 1 aromatic heterocycles. The van der Waals surface area contributed by atoms with Gasteiger partial charge >= 0.3 is 0 Å². The van der Waals surface area contributed by atoms with E-state index in [1.165, 1.54) is 16.7 Å². The van der Waals surface area contributed by atoms with E-state index in [-0.39, 0.29) is 0 Å². The first-order valence-corrected chi connectivity index (χ1v) is 6.61. The summed E-state index contributed by atoms with van der Waals surface area (Å²) in [5.41, 5.74) is 12.5. The van der Waals surface area contributed by atoms with Gasteiger partial charge in [-0.25, -0.2) is 0 Å². The van der Waals surface area contributed by atoms with Crippen LogP contribution in [-0.2, 0) is 0 Å². The second kappa shape index (κ2) is 5.17. The van der Waals surface area contributed by atoms with E-state index >= 15 is 0 Å². The quantitative estimate of drug-likeness (QED) is 0.697. The summed E-state index contributed by atoms with van der Waals surface area (Å²) >= 11 is 0. The number of aryl methyl sites for hydroxylation is 1. The number of aromatic nitrogens is 1. The van der Waals surface area contributed by atoms with E-state index in [2.05, 4.69) is 48.3 Å². The lowest BCUT2D eigenvalue weighted by atomic mass is 9.94. The zero-order valence-electron chi connectivity index (χ0n) is 11.4.